The van der Waals surface area contributed by atoms with Crippen LogP contribution in [0.1, 0.15) is 38.2 Å². The molecule has 1 fully saturated rings. The molecule has 1 aliphatic rings. The Kier molecular flexibility index (Phi) is 4.49. The van der Waals surface area contributed by atoms with E-state index in [-0.39, 0.29) is 0 Å². The molecule has 5 heteroatoms. The summed E-state index contributed by atoms with van der Waals surface area (Å²) in [5.41, 5.74) is 0.705. The molecule has 1 saturated heterocycles. The van der Waals surface area contributed by atoms with Crippen LogP contribution in [0.2, 0.25) is 0 Å². The molecule has 0 amide bonds. The van der Waals surface area contributed by atoms with Gasteiger partial charge in [0.15, 0.2) is 0 Å². The third-order valence-corrected chi connectivity index (χ3v) is 3.43. The van der Waals surface area contributed by atoms with Gasteiger partial charge in [0, 0.05) is 36.6 Å². The van der Waals surface area contributed by atoms with Gasteiger partial charge in [-0.05, 0) is 31.8 Å². The zero-order chi connectivity index (χ0) is 13.7. The lowest BCUT2D eigenvalue weighted by Gasteiger charge is -2.35. The first-order valence-corrected chi connectivity index (χ1v) is 6.70. The first-order chi connectivity index (χ1) is 9.20. The Balaban J connectivity index is 2.10. The zero-order valence-electron chi connectivity index (χ0n) is 11.1. The van der Waals surface area contributed by atoms with Crippen LogP contribution < -0.4 is 4.90 Å². The average molecular weight is 261 g/mol. The lowest BCUT2D eigenvalue weighted by atomic mass is 10.0. The molecule has 0 aliphatic carbocycles. The number of nitrogens with zero attached hydrogens (tertiary/aromatic N) is 3. The standard InChI is InChI=1S/C14H19N3O2/c1-2-12-5-3-4-8-17(12)14-15-9-11(10-16-14)6-7-13(18)19/h6-7,9-10,12H,2-5,8H2,1H3,(H,18,19)/b7-6+. The number of carboxylic acid groups (broad SMARTS) is 1. The molecule has 0 aromatic carbocycles. The van der Waals surface area contributed by atoms with E-state index in [1.807, 2.05) is 0 Å². The molecule has 1 aromatic heterocycles. The van der Waals surface area contributed by atoms with Crippen LogP contribution in [0.15, 0.2) is 18.5 Å². The number of carboxylic acids is 1. The van der Waals surface area contributed by atoms with Crippen molar-refractivity contribution in [3.05, 3.63) is 24.0 Å². The van der Waals surface area contributed by atoms with Crippen LogP contribution in [-0.4, -0.2) is 33.6 Å². The highest BCUT2D eigenvalue weighted by Gasteiger charge is 2.22. The van der Waals surface area contributed by atoms with Crippen molar-refractivity contribution >= 4 is 18.0 Å². The summed E-state index contributed by atoms with van der Waals surface area (Å²) in [6, 6.07) is 0.522. The predicted octanol–water partition coefficient (Wildman–Crippen LogP) is 2.34. The summed E-state index contributed by atoms with van der Waals surface area (Å²) in [5.74, 6) is -0.217. The van der Waals surface area contributed by atoms with E-state index in [0.29, 0.717) is 11.6 Å². The van der Waals surface area contributed by atoms with Gasteiger partial charge in [0.1, 0.15) is 0 Å². The van der Waals surface area contributed by atoms with Crippen molar-refractivity contribution in [3.63, 3.8) is 0 Å². The minimum absolute atomic E-state index is 0.522. The van der Waals surface area contributed by atoms with Crippen molar-refractivity contribution < 1.29 is 9.90 Å². The topological polar surface area (TPSA) is 66.3 Å². The average Bonchev–Trinajstić information content (AvgIpc) is 2.45. The van der Waals surface area contributed by atoms with E-state index < -0.39 is 5.97 Å². The molecule has 0 radical (unpaired) electrons. The largest absolute Gasteiger partial charge is 0.478 e. The second-order valence-electron chi connectivity index (χ2n) is 4.74. The van der Waals surface area contributed by atoms with Gasteiger partial charge in [-0.15, -0.1) is 0 Å². The molecular formula is C14H19N3O2. The summed E-state index contributed by atoms with van der Waals surface area (Å²) in [6.07, 6.45) is 10.7. The molecule has 2 rings (SSSR count). The molecule has 0 spiro atoms. The van der Waals surface area contributed by atoms with Gasteiger partial charge in [-0.3, -0.25) is 0 Å². The number of rotatable bonds is 4. The molecule has 0 bridgehead atoms. The molecule has 1 atom stereocenters. The normalized spacial score (nSPS) is 19.8. The summed E-state index contributed by atoms with van der Waals surface area (Å²) >= 11 is 0. The Labute approximate surface area is 113 Å². The highest BCUT2D eigenvalue weighted by molar-refractivity contribution is 5.85. The van der Waals surface area contributed by atoms with Gasteiger partial charge in [0.2, 0.25) is 5.95 Å². The minimum Gasteiger partial charge on any atom is -0.478 e. The molecule has 5 nitrogen and oxygen atoms in total. The van der Waals surface area contributed by atoms with Crippen LogP contribution in [-0.2, 0) is 4.79 Å². The molecule has 1 unspecified atom stereocenters. The van der Waals surface area contributed by atoms with Gasteiger partial charge in [-0.25, -0.2) is 14.8 Å². The van der Waals surface area contributed by atoms with Crippen LogP contribution in [0.4, 0.5) is 5.95 Å². The van der Waals surface area contributed by atoms with Crippen molar-refractivity contribution in [1.29, 1.82) is 0 Å². The number of carbonyl (C=O) groups is 1. The molecule has 1 N–H and O–H groups in total. The number of aromatic nitrogens is 2. The Morgan fingerprint density at radius 1 is 1.47 bits per heavy atom. The predicted molar refractivity (Wildman–Crippen MR) is 74.0 cm³/mol. The van der Waals surface area contributed by atoms with Crippen LogP contribution in [0, 0.1) is 0 Å². The summed E-state index contributed by atoms with van der Waals surface area (Å²) in [5, 5.41) is 8.56. The molecule has 102 valence electrons. The van der Waals surface area contributed by atoms with Crippen LogP contribution >= 0.6 is 0 Å². The molecular weight excluding hydrogens is 242 g/mol. The maximum atomic E-state index is 10.4. The Bertz CT molecular complexity index is 456. The fourth-order valence-electron chi connectivity index (χ4n) is 2.42. The van der Waals surface area contributed by atoms with Crippen molar-refractivity contribution in [1.82, 2.24) is 9.97 Å². The fourth-order valence-corrected chi connectivity index (χ4v) is 2.42. The van der Waals surface area contributed by atoms with Crippen LogP contribution in [0.25, 0.3) is 6.08 Å². The number of anilines is 1. The molecule has 1 aliphatic heterocycles. The van der Waals surface area contributed by atoms with Crippen LogP contribution in [0.3, 0.4) is 0 Å². The molecule has 0 saturated carbocycles. The molecule has 2 heterocycles. The first-order valence-electron chi connectivity index (χ1n) is 6.70. The summed E-state index contributed by atoms with van der Waals surface area (Å²) in [6.45, 7) is 3.19. The van der Waals surface area contributed by atoms with Gasteiger partial charge in [-0.2, -0.15) is 0 Å². The maximum Gasteiger partial charge on any atom is 0.328 e. The van der Waals surface area contributed by atoms with Gasteiger partial charge in [0.25, 0.3) is 0 Å². The lowest BCUT2D eigenvalue weighted by Crippen LogP contribution is -2.40. The maximum absolute atomic E-state index is 10.4. The summed E-state index contributed by atoms with van der Waals surface area (Å²) < 4.78 is 0. The monoisotopic (exact) mass is 261 g/mol. The molecule has 19 heavy (non-hydrogen) atoms. The lowest BCUT2D eigenvalue weighted by molar-refractivity contribution is -0.131. The zero-order valence-corrected chi connectivity index (χ0v) is 11.1. The summed E-state index contributed by atoms with van der Waals surface area (Å²) in [7, 11) is 0. The highest BCUT2D eigenvalue weighted by atomic mass is 16.4. The van der Waals surface area contributed by atoms with E-state index in [2.05, 4.69) is 21.8 Å². The number of hydrogen-bond acceptors (Lipinski definition) is 4. The number of hydrogen-bond donors (Lipinski definition) is 1. The number of aliphatic carboxylic acids is 1. The minimum atomic E-state index is -0.967. The van der Waals surface area contributed by atoms with Crippen molar-refractivity contribution in [2.75, 3.05) is 11.4 Å². The third kappa shape index (κ3) is 3.53. The first kappa shape index (κ1) is 13.5. The number of piperidine rings is 1. The smallest absolute Gasteiger partial charge is 0.328 e. The Morgan fingerprint density at radius 3 is 2.84 bits per heavy atom. The van der Waals surface area contributed by atoms with Crippen LogP contribution in [0.5, 0.6) is 0 Å². The molecule has 1 aromatic rings. The second kappa shape index (κ2) is 6.31. The van der Waals surface area contributed by atoms with E-state index in [1.54, 1.807) is 12.4 Å². The van der Waals surface area contributed by atoms with Gasteiger partial charge in [-0.1, -0.05) is 6.92 Å². The highest BCUT2D eigenvalue weighted by Crippen LogP contribution is 2.23. The van der Waals surface area contributed by atoms with E-state index in [9.17, 15) is 4.79 Å². The van der Waals surface area contributed by atoms with Crippen molar-refractivity contribution in [2.24, 2.45) is 0 Å². The summed E-state index contributed by atoms with van der Waals surface area (Å²) in [4.78, 5) is 21.4. The SMILES string of the molecule is CCC1CCCCN1c1ncc(/C=C/C(=O)O)cn1. The van der Waals surface area contributed by atoms with Crippen molar-refractivity contribution in [3.8, 4) is 0 Å². The van der Waals surface area contributed by atoms with E-state index >= 15 is 0 Å². The Hall–Kier alpha value is -1.91. The van der Waals surface area contributed by atoms with E-state index in [0.717, 1.165) is 25.0 Å². The Morgan fingerprint density at radius 2 is 2.21 bits per heavy atom. The van der Waals surface area contributed by atoms with E-state index in [4.69, 9.17) is 5.11 Å². The van der Waals surface area contributed by atoms with Gasteiger partial charge < -0.3 is 10.0 Å². The second-order valence-corrected chi connectivity index (χ2v) is 4.74. The van der Waals surface area contributed by atoms with Crippen molar-refractivity contribution in [2.45, 2.75) is 38.6 Å². The van der Waals surface area contributed by atoms with E-state index in [1.165, 1.54) is 25.3 Å². The van der Waals surface area contributed by atoms with Gasteiger partial charge >= 0.3 is 5.97 Å². The third-order valence-electron chi connectivity index (χ3n) is 3.43. The fraction of sp³-hybridized carbons (Fsp3) is 0.500. The quantitative estimate of drug-likeness (QED) is 0.843. The van der Waals surface area contributed by atoms with Gasteiger partial charge in [0.05, 0.1) is 0 Å².